The van der Waals surface area contributed by atoms with Crippen LogP contribution in [0.3, 0.4) is 0 Å². The Labute approximate surface area is 191 Å². The highest BCUT2D eigenvalue weighted by atomic mass is 32.1. The molecule has 1 aliphatic rings. The molecule has 0 aliphatic heterocycles. The third kappa shape index (κ3) is 4.91. The maximum atomic E-state index is 12.5. The molecular formula is C24H28N4O3S. The molecule has 2 N–H and O–H groups in total. The molecule has 32 heavy (non-hydrogen) atoms. The molecule has 8 heteroatoms. The van der Waals surface area contributed by atoms with Gasteiger partial charge in [-0.3, -0.25) is 4.79 Å². The number of aryl methyl sites for hydroxylation is 1. The summed E-state index contributed by atoms with van der Waals surface area (Å²) in [5.41, 5.74) is 3.41. The van der Waals surface area contributed by atoms with Gasteiger partial charge in [-0.15, -0.1) is 0 Å². The predicted octanol–water partition coefficient (Wildman–Crippen LogP) is 5.97. The Kier molecular flexibility index (Phi) is 6.69. The quantitative estimate of drug-likeness (QED) is 0.445. The molecule has 0 radical (unpaired) electrons. The smallest absolute Gasteiger partial charge is 0.316 e. The van der Waals surface area contributed by atoms with E-state index in [0.717, 1.165) is 48.2 Å². The van der Waals surface area contributed by atoms with Crippen molar-refractivity contribution in [1.29, 1.82) is 0 Å². The molecule has 1 aliphatic carbocycles. The lowest BCUT2D eigenvalue weighted by Gasteiger charge is -2.18. The van der Waals surface area contributed by atoms with Crippen molar-refractivity contribution in [3.63, 3.8) is 0 Å². The number of carbonyl (C=O) groups is 1. The van der Waals surface area contributed by atoms with Crippen LogP contribution < -0.4 is 10.1 Å². The van der Waals surface area contributed by atoms with Gasteiger partial charge in [-0.25, -0.2) is 9.97 Å². The molecular weight excluding hydrogens is 424 g/mol. The number of esters is 1. The highest BCUT2D eigenvalue weighted by Crippen LogP contribution is 2.44. The van der Waals surface area contributed by atoms with Crippen LogP contribution >= 0.6 is 11.3 Å². The molecule has 2 heterocycles. The van der Waals surface area contributed by atoms with Crippen molar-refractivity contribution in [2.45, 2.75) is 58.8 Å². The first kappa shape index (κ1) is 22.2. The number of rotatable bonds is 6. The van der Waals surface area contributed by atoms with Crippen molar-refractivity contribution in [2.75, 3.05) is 5.32 Å². The fourth-order valence-corrected chi connectivity index (χ4v) is 4.90. The molecule has 4 rings (SSSR count). The molecule has 0 saturated heterocycles. The van der Waals surface area contributed by atoms with Crippen molar-refractivity contribution in [3.8, 4) is 21.5 Å². The van der Waals surface area contributed by atoms with Gasteiger partial charge in [0, 0.05) is 17.5 Å². The summed E-state index contributed by atoms with van der Waals surface area (Å²) in [4.78, 5) is 26.1. The molecule has 0 unspecified atom stereocenters. The van der Waals surface area contributed by atoms with Crippen molar-refractivity contribution < 1.29 is 14.6 Å². The third-order valence-electron chi connectivity index (χ3n) is 5.73. The van der Waals surface area contributed by atoms with Gasteiger partial charge in [0.2, 0.25) is 11.8 Å². The Morgan fingerprint density at radius 1 is 1.19 bits per heavy atom. The molecule has 0 atom stereocenters. The summed E-state index contributed by atoms with van der Waals surface area (Å²) in [5, 5.41) is 14.0. The van der Waals surface area contributed by atoms with Crippen molar-refractivity contribution in [1.82, 2.24) is 15.0 Å². The van der Waals surface area contributed by atoms with Gasteiger partial charge in [-0.1, -0.05) is 56.6 Å². The zero-order valence-electron chi connectivity index (χ0n) is 18.6. The number of aromatic nitrogens is 3. The summed E-state index contributed by atoms with van der Waals surface area (Å²) >= 11 is 1.17. The fraction of sp³-hybridized carbons (Fsp3) is 0.417. The Hall–Kier alpha value is -3.00. The number of aromatic hydroxyl groups is 1. The first-order valence-corrected chi connectivity index (χ1v) is 11.9. The molecule has 7 nitrogen and oxygen atoms in total. The summed E-state index contributed by atoms with van der Waals surface area (Å²) < 4.78 is 5.54. The number of anilines is 2. The normalized spacial score (nSPS) is 14.5. The van der Waals surface area contributed by atoms with Gasteiger partial charge in [-0.05, 0) is 43.4 Å². The summed E-state index contributed by atoms with van der Waals surface area (Å²) in [6, 6.07) is 7.68. The Bertz CT molecular complexity index is 1110. The number of carbonyl (C=O) groups excluding carboxylic acids is 1. The van der Waals surface area contributed by atoms with Crippen LogP contribution in [0.25, 0.3) is 10.4 Å². The topological polar surface area (TPSA) is 97.2 Å². The van der Waals surface area contributed by atoms with Gasteiger partial charge < -0.3 is 15.2 Å². The lowest BCUT2D eigenvalue weighted by Crippen LogP contribution is -2.22. The molecule has 1 saturated carbocycles. The molecule has 168 valence electrons. The Morgan fingerprint density at radius 2 is 1.97 bits per heavy atom. The van der Waals surface area contributed by atoms with Crippen molar-refractivity contribution in [2.24, 2.45) is 5.92 Å². The second-order valence-corrected chi connectivity index (χ2v) is 9.43. The van der Waals surface area contributed by atoms with Crippen LogP contribution in [0.2, 0.25) is 0 Å². The summed E-state index contributed by atoms with van der Waals surface area (Å²) in [6.07, 6.45) is 6.69. The summed E-state index contributed by atoms with van der Waals surface area (Å²) in [6.45, 7) is 6.12. The van der Waals surface area contributed by atoms with E-state index in [1.165, 1.54) is 17.8 Å². The first-order chi connectivity index (χ1) is 15.4. The first-order valence-electron chi connectivity index (χ1n) is 11.0. The third-order valence-corrected chi connectivity index (χ3v) is 6.67. The molecule has 0 spiro atoms. The minimum atomic E-state index is -0.257. The van der Waals surface area contributed by atoms with Crippen molar-refractivity contribution >= 4 is 28.9 Å². The number of benzene rings is 1. The largest absolute Gasteiger partial charge is 0.492 e. The molecule has 1 fully saturated rings. The number of nitrogens with one attached hydrogen (secondary N) is 1. The molecule has 1 aromatic carbocycles. The number of thiazole rings is 1. The van der Waals surface area contributed by atoms with Gasteiger partial charge >= 0.3 is 5.97 Å². The number of ether oxygens (including phenoxy) is 1. The van der Waals surface area contributed by atoms with E-state index in [9.17, 15) is 9.90 Å². The van der Waals surface area contributed by atoms with E-state index in [-0.39, 0.29) is 28.9 Å². The lowest BCUT2D eigenvalue weighted by molar-refractivity contribution is -0.139. The monoisotopic (exact) mass is 452 g/mol. The van der Waals surface area contributed by atoms with E-state index in [0.29, 0.717) is 10.8 Å². The number of hydrogen-bond donors (Lipinski definition) is 2. The highest BCUT2D eigenvalue weighted by Gasteiger charge is 2.26. The Morgan fingerprint density at radius 3 is 2.72 bits per heavy atom. The maximum absolute atomic E-state index is 12.5. The molecule has 0 bridgehead atoms. The zero-order chi connectivity index (χ0) is 22.7. The lowest BCUT2D eigenvalue weighted by atomic mass is 9.89. The van der Waals surface area contributed by atoms with E-state index in [1.807, 2.05) is 31.2 Å². The minimum Gasteiger partial charge on any atom is -0.492 e. The minimum absolute atomic E-state index is 0.0840. The van der Waals surface area contributed by atoms with E-state index in [4.69, 9.17) is 4.74 Å². The average molecular weight is 453 g/mol. The molecule has 0 amide bonds. The van der Waals surface area contributed by atoms with Gasteiger partial charge in [-0.2, -0.15) is 4.98 Å². The van der Waals surface area contributed by atoms with E-state index >= 15 is 0 Å². The van der Waals surface area contributed by atoms with Crippen molar-refractivity contribution in [3.05, 3.63) is 41.7 Å². The Balaban J connectivity index is 1.61. The van der Waals surface area contributed by atoms with Crippen LogP contribution in [-0.4, -0.2) is 26.0 Å². The van der Waals surface area contributed by atoms with Crippen LogP contribution in [0.4, 0.5) is 11.6 Å². The number of hydrogen-bond acceptors (Lipinski definition) is 8. The second-order valence-electron chi connectivity index (χ2n) is 8.47. The van der Waals surface area contributed by atoms with E-state index in [2.05, 4.69) is 34.1 Å². The van der Waals surface area contributed by atoms with Crippen LogP contribution in [0.1, 0.15) is 63.1 Å². The number of nitrogens with zero attached hydrogens (tertiary/aromatic N) is 3. The average Bonchev–Trinajstić information content (AvgIpc) is 3.14. The van der Waals surface area contributed by atoms with Crippen LogP contribution in [0.5, 0.6) is 11.1 Å². The van der Waals surface area contributed by atoms with Gasteiger partial charge in [0.15, 0.2) is 0 Å². The maximum Gasteiger partial charge on any atom is 0.316 e. The van der Waals surface area contributed by atoms with Crippen LogP contribution in [0.15, 0.2) is 30.5 Å². The summed E-state index contributed by atoms with van der Waals surface area (Å²) in [7, 11) is 0. The standard InChI is InChI=1S/C24H28N4O3S/c1-14(2)17-12-13-25-23(26-17)27-18-11-7-8-15(3)19(18)20-21(29)28-24(32-20)31-22(30)16-9-5-4-6-10-16/h7-8,11-14,16,29H,4-6,9-10H2,1-3H3,(H,25,26,27). The summed E-state index contributed by atoms with van der Waals surface area (Å²) in [5.74, 6) is 0.264. The van der Waals surface area contributed by atoms with Gasteiger partial charge in [0.1, 0.15) is 4.88 Å². The van der Waals surface area contributed by atoms with E-state index < -0.39 is 0 Å². The van der Waals surface area contributed by atoms with Crippen LogP contribution in [-0.2, 0) is 4.79 Å². The molecule has 2 aromatic heterocycles. The van der Waals surface area contributed by atoms with Crippen LogP contribution in [0, 0.1) is 12.8 Å². The zero-order valence-corrected chi connectivity index (χ0v) is 19.4. The molecule has 3 aromatic rings. The van der Waals surface area contributed by atoms with Gasteiger partial charge in [0.25, 0.3) is 5.19 Å². The van der Waals surface area contributed by atoms with Gasteiger partial charge in [0.05, 0.1) is 11.6 Å². The predicted molar refractivity (Wildman–Crippen MR) is 126 cm³/mol. The fourth-order valence-electron chi connectivity index (χ4n) is 3.96. The van der Waals surface area contributed by atoms with E-state index in [1.54, 1.807) is 6.20 Å². The SMILES string of the molecule is Cc1cccc(Nc2nccc(C(C)C)n2)c1-c1sc(OC(=O)C2CCCCC2)nc1O. The second kappa shape index (κ2) is 9.65. The highest BCUT2D eigenvalue weighted by molar-refractivity contribution is 7.17.